The quantitative estimate of drug-likeness (QED) is 0.618. The molecule has 0 radical (unpaired) electrons. The van der Waals surface area contributed by atoms with Crippen molar-refractivity contribution in [3.63, 3.8) is 0 Å². The van der Waals surface area contributed by atoms with Crippen LogP contribution in [0, 0.1) is 0 Å². The number of halogens is 2. The standard InChI is InChI=1S/C14H25N3O2S.2ClH/c1-11(19-2)14-17-12(10-20-14)9-16-13(18)7-5-3-4-6-8-15;;/h10-11H,3-9,15H2,1-2H3,(H,16,18);2*1H. The molecule has 0 aliphatic carbocycles. The van der Waals surface area contributed by atoms with E-state index in [1.54, 1.807) is 18.4 Å². The van der Waals surface area contributed by atoms with Gasteiger partial charge >= 0.3 is 0 Å². The Morgan fingerprint density at radius 1 is 1.36 bits per heavy atom. The van der Waals surface area contributed by atoms with E-state index in [2.05, 4.69) is 10.3 Å². The summed E-state index contributed by atoms with van der Waals surface area (Å²) in [6, 6.07) is 0. The number of hydrogen-bond donors (Lipinski definition) is 2. The average Bonchev–Trinajstić information content (AvgIpc) is 2.93. The maximum Gasteiger partial charge on any atom is 0.220 e. The molecule has 0 aromatic carbocycles. The first-order valence-electron chi connectivity index (χ1n) is 7.11. The fourth-order valence-corrected chi connectivity index (χ4v) is 2.60. The van der Waals surface area contributed by atoms with Gasteiger partial charge in [0.2, 0.25) is 5.91 Å². The molecule has 0 aliphatic rings. The average molecular weight is 372 g/mol. The first-order valence-corrected chi connectivity index (χ1v) is 7.99. The molecular formula is C14H27Cl2N3O2S. The summed E-state index contributed by atoms with van der Waals surface area (Å²) in [6.07, 6.45) is 4.73. The molecule has 1 aromatic heterocycles. The zero-order chi connectivity index (χ0) is 14.8. The summed E-state index contributed by atoms with van der Waals surface area (Å²) in [5, 5.41) is 5.81. The second kappa shape index (κ2) is 14.2. The summed E-state index contributed by atoms with van der Waals surface area (Å²) >= 11 is 1.56. The van der Waals surface area contributed by atoms with Crippen LogP contribution in [0.5, 0.6) is 0 Å². The number of amides is 1. The highest BCUT2D eigenvalue weighted by molar-refractivity contribution is 7.09. The minimum atomic E-state index is 0. The molecule has 1 atom stereocenters. The molecule has 0 saturated heterocycles. The highest BCUT2D eigenvalue weighted by atomic mass is 35.5. The highest BCUT2D eigenvalue weighted by Gasteiger charge is 2.09. The first-order chi connectivity index (χ1) is 9.67. The van der Waals surface area contributed by atoms with E-state index in [9.17, 15) is 4.79 Å². The Labute approximate surface area is 149 Å². The molecule has 3 N–H and O–H groups in total. The summed E-state index contributed by atoms with van der Waals surface area (Å²) in [4.78, 5) is 16.1. The number of carbonyl (C=O) groups excluding carboxylic acids is 1. The SMILES string of the molecule is COC(C)c1nc(CNC(=O)CCCCCCN)cs1.Cl.Cl. The third kappa shape index (κ3) is 9.58. The summed E-state index contributed by atoms with van der Waals surface area (Å²) in [5.41, 5.74) is 6.32. The Morgan fingerprint density at radius 3 is 2.68 bits per heavy atom. The Bertz CT molecular complexity index is 405. The third-order valence-corrected chi connectivity index (χ3v) is 4.15. The van der Waals surface area contributed by atoms with Crippen LogP contribution in [0.2, 0.25) is 0 Å². The lowest BCUT2D eigenvalue weighted by molar-refractivity contribution is -0.121. The highest BCUT2D eigenvalue weighted by Crippen LogP contribution is 2.20. The van der Waals surface area contributed by atoms with E-state index in [4.69, 9.17) is 10.5 Å². The smallest absolute Gasteiger partial charge is 0.220 e. The van der Waals surface area contributed by atoms with Crippen LogP contribution >= 0.6 is 36.2 Å². The van der Waals surface area contributed by atoms with Crippen LogP contribution < -0.4 is 11.1 Å². The number of unbranched alkanes of at least 4 members (excludes halogenated alkanes) is 3. The minimum absolute atomic E-state index is 0. The second-order valence-electron chi connectivity index (χ2n) is 4.78. The molecule has 1 unspecified atom stereocenters. The topological polar surface area (TPSA) is 77.2 Å². The lowest BCUT2D eigenvalue weighted by Gasteiger charge is -2.05. The van der Waals surface area contributed by atoms with Gasteiger partial charge in [-0.1, -0.05) is 12.8 Å². The molecule has 0 aliphatic heterocycles. The maximum absolute atomic E-state index is 11.7. The van der Waals surface area contributed by atoms with Crippen molar-refractivity contribution in [3.05, 3.63) is 16.1 Å². The van der Waals surface area contributed by atoms with Gasteiger partial charge < -0.3 is 15.8 Å². The summed E-state index contributed by atoms with van der Waals surface area (Å²) in [7, 11) is 1.66. The van der Waals surface area contributed by atoms with Crippen molar-refractivity contribution in [3.8, 4) is 0 Å². The first kappa shape index (κ1) is 23.9. The van der Waals surface area contributed by atoms with Crippen LogP contribution in [0.1, 0.15) is 55.8 Å². The lowest BCUT2D eigenvalue weighted by Crippen LogP contribution is -2.22. The normalized spacial score (nSPS) is 11.2. The van der Waals surface area contributed by atoms with E-state index in [1.165, 1.54) is 0 Å². The van der Waals surface area contributed by atoms with Gasteiger partial charge in [0.05, 0.1) is 12.2 Å². The van der Waals surface area contributed by atoms with Gasteiger partial charge in [0.1, 0.15) is 11.1 Å². The summed E-state index contributed by atoms with van der Waals surface area (Å²) < 4.78 is 5.21. The number of aromatic nitrogens is 1. The fraction of sp³-hybridized carbons (Fsp3) is 0.714. The van der Waals surface area contributed by atoms with Crippen molar-refractivity contribution in [1.82, 2.24) is 10.3 Å². The molecule has 0 fully saturated rings. The van der Waals surface area contributed by atoms with E-state index in [0.717, 1.165) is 42.9 Å². The third-order valence-electron chi connectivity index (χ3n) is 3.10. The molecule has 1 amide bonds. The monoisotopic (exact) mass is 371 g/mol. The predicted molar refractivity (Wildman–Crippen MR) is 96.0 cm³/mol. The molecule has 1 heterocycles. The number of thiazole rings is 1. The minimum Gasteiger partial charge on any atom is -0.375 e. The van der Waals surface area contributed by atoms with Crippen LogP contribution in [-0.2, 0) is 16.1 Å². The second-order valence-corrected chi connectivity index (χ2v) is 5.67. The number of hydrogen-bond acceptors (Lipinski definition) is 5. The molecule has 0 bridgehead atoms. The Balaban J connectivity index is 0. The van der Waals surface area contributed by atoms with Crippen LogP contribution in [0.25, 0.3) is 0 Å². The number of nitrogens with two attached hydrogens (primary N) is 1. The molecule has 22 heavy (non-hydrogen) atoms. The van der Waals surface area contributed by atoms with Crippen LogP contribution in [-0.4, -0.2) is 24.5 Å². The van der Waals surface area contributed by atoms with Crippen LogP contribution in [0.3, 0.4) is 0 Å². The summed E-state index contributed by atoms with van der Waals surface area (Å²) in [6.45, 7) is 3.19. The molecule has 1 aromatic rings. The van der Waals surface area contributed by atoms with Crippen molar-refractivity contribution in [1.29, 1.82) is 0 Å². The van der Waals surface area contributed by atoms with Gasteiger partial charge in [0.15, 0.2) is 0 Å². The van der Waals surface area contributed by atoms with Crippen molar-refractivity contribution in [2.45, 2.75) is 51.7 Å². The van der Waals surface area contributed by atoms with Gasteiger partial charge in [0.25, 0.3) is 0 Å². The number of ether oxygens (including phenoxy) is 1. The van der Waals surface area contributed by atoms with Crippen molar-refractivity contribution >= 4 is 42.1 Å². The Morgan fingerprint density at radius 2 is 2.05 bits per heavy atom. The molecule has 0 saturated carbocycles. The molecule has 130 valence electrons. The van der Waals surface area contributed by atoms with Gasteiger partial charge in [-0.05, 0) is 26.3 Å². The largest absolute Gasteiger partial charge is 0.375 e. The number of nitrogens with zero attached hydrogens (tertiary/aromatic N) is 1. The number of carbonyl (C=O) groups is 1. The molecule has 1 rings (SSSR count). The Hall–Kier alpha value is -0.400. The number of rotatable bonds is 10. The van der Waals surface area contributed by atoms with Gasteiger partial charge in [-0.15, -0.1) is 36.2 Å². The lowest BCUT2D eigenvalue weighted by atomic mass is 10.1. The number of methoxy groups -OCH3 is 1. The zero-order valence-corrected chi connectivity index (χ0v) is 15.6. The maximum atomic E-state index is 11.7. The van der Waals surface area contributed by atoms with E-state index in [1.807, 2.05) is 12.3 Å². The summed E-state index contributed by atoms with van der Waals surface area (Å²) in [5.74, 6) is 0.0899. The van der Waals surface area contributed by atoms with Gasteiger partial charge in [-0.25, -0.2) is 4.98 Å². The fourth-order valence-electron chi connectivity index (χ4n) is 1.75. The van der Waals surface area contributed by atoms with E-state index in [0.29, 0.717) is 13.0 Å². The van der Waals surface area contributed by atoms with Gasteiger partial charge in [-0.2, -0.15) is 0 Å². The molecule has 0 spiro atoms. The Kier molecular flexibility index (Phi) is 15.4. The van der Waals surface area contributed by atoms with E-state index < -0.39 is 0 Å². The van der Waals surface area contributed by atoms with Crippen LogP contribution in [0.15, 0.2) is 5.38 Å². The zero-order valence-electron chi connectivity index (χ0n) is 13.2. The van der Waals surface area contributed by atoms with Crippen molar-refractivity contribution in [2.24, 2.45) is 5.73 Å². The molecule has 5 nitrogen and oxygen atoms in total. The number of nitrogens with one attached hydrogen (secondary N) is 1. The molecule has 8 heteroatoms. The van der Waals surface area contributed by atoms with E-state index >= 15 is 0 Å². The predicted octanol–water partition coefficient (Wildman–Crippen LogP) is 3.22. The van der Waals surface area contributed by atoms with E-state index in [-0.39, 0.29) is 36.8 Å². The van der Waals surface area contributed by atoms with Gasteiger partial charge in [-0.3, -0.25) is 4.79 Å². The molecular weight excluding hydrogens is 345 g/mol. The van der Waals surface area contributed by atoms with Crippen molar-refractivity contribution in [2.75, 3.05) is 13.7 Å². The van der Waals surface area contributed by atoms with Crippen molar-refractivity contribution < 1.29 is 9.53 Å². The van der Waals surface area contributed by atoms with Crippen LogP contribution in [0.4, 0.5) is 0 Å². The van der Waals surface area contributed by atoms with Gasteiger partial charge in [0, 0.05) is 18.9 Å².